The molecule has 0 unspecified atom stereocenters. The number of benzene rings is 1. The number of nitrogens with one attached hydrogen (secondary N) is 1. The fourth-order valence-corrected chi connectivity index (χ4v) is 2.23. The molecule has 17 heavy (non-hydrogen) atoms. The number of rotatable bonds is 5. The molecular weight excluding hydrogens is 284 g/mol. The summed E-state index contributed by atoms with van der Waals surface area (Å²) in [5.41, 5.74) is 2.24. The lowest BCUT2D eigenvalue weighted by molar-refractivity contribution is -0.384. The second kappa shape index (κ2) is 5.31. The van der Waals surface area contributed by atoms with Crippen LogP contribution in [-0.2, 0) is 6.42 Å². The van der Waals surface area contributed by atoms with Gasteiger partial charge < -0.3 is 4.98 Å². The van der Waals surface area contributed by atoms with Crippen LogP contribution in [0.15, 0.2) is 24.3 Å². The maximum atomic E-state index is 10.7. The van der Waals surface area contributed by atoms with Crippen LogP contribution in [0, 0.1) is 10.1 Å². The summed E-state index contributed by atoms with van der Waals surface area (Å²) in [5, 5.41) is 12.6. The Kier molecular flexibility index (Phi) is 3.78. The maximum Gasteiger partial charge on any atom is 0.270 e. The Bertz CT molecular complexity index is 536. The quantitative estimate of drug-likeness (QED) is 0.395. The summed E-state index contributed by atoms with van der Waals surface area (Å²) in [6.45, 7) is 0. The summed E-state index contributed by atoms with van der Waals surface area (Å²) in [7, 11) is 0. The van der Waals surface area contributed by atoms with Crippen LogP contribution >= 0.6 is 15.9 Å². The number of aryl methyl sites for hydroxylation is 1. The molecule has 0 spiro atoms. The van der Waals surface area contributed by atoms with Crippen LogP contribution in [0.2, 0.25) is 0 Å². The van der Waals surface area contributed by atoms with E-state index in [0.29, 0.717) is 0 Å². The average molecular weight is 297 g/mol. The third kappa shape index (κ3) is 2.85. The molecule has 90 valence electrons. The molecule has 0 radical (unpaired) electrons. The lowest BCUT2D eigenvalue weighted by Gasteiger charge is -1.94. The van der Waals surface area contributed by atoms with Crippen LogP contribution < -0.4 is 0 Å². The molecule has 1 aromatic carbocycles. The Balaban J connectivity index is 2.21. The van der Waals surface area contributed by atoms with Gasteiger partial charge in [0.15, 0.2) is 0 Å². The van der Waals surface area contributed by atoms with Gasteiger partial charge >= 0.3 is 0 Å². The van der Waals surface area contributed by atoms with Gasteiger partial charge in [-0.15, -0.1) is 0 Å². The van der Waals surface area contributed by atoms with E-state index < -0.39 is 0 Å². The summed E-state index contributed by atoms with van der Waals surface area (Å²) >= 11 is 3.40. The maximum absolute atomic E-state index is 10.7. The molecular formula is C12H13BrN2O2. The molecule has 1 heterocycles. The fourth-order valence-electron chi connectivity index (χ4n) is 1.84. The van der Waals surface area contributed by atoms with Gasteiger partial charge in [0.05, 0.1) is 4.92 Å². The zero-order valence-corrected chi connectivity index (χ0v) is 10.9. The van der Waals surface area contributed by atoms with Gasteiger partial charge in [0, 0.05) is 34.1 Å². The van der Waals surface area contributed by atoms with Crippen molar-refractivity contribution in [1.82, 2.24) is 4.98 Å². The summed E-state index contributed by atoms with van der Waals surface area (Å²) < 4.78 is 0. The number of halogens is 1. The number of unbranched alkanes of at least 4 members (excludes halogenated alkanes) is 1. The van der Waals surface area contributed by atoms with Gasteiger partial charge in [-0.1, -0.05) is 15.9 Å². The van der Waals surface area contributed by atoms with E-state index in [1.165, 1.54) is 6.07 Å². The highest BCUT2D eigenvalue weighted by Gasteiger charge is 2.08. The van der Waals surface area contributed by atoms with Gasteiger partial charge in [-0.05, 0) is 31.4 Å². The highest BCUT2D eigenvalue weighted by molar-refractivity contribution is 9.09. The summed E-state index contributed by atoms with van der Waals surface area (Å²) in [6, 6.07) is 6.90. The fraction of sp³-hybridized carbons (Fsp3) is 0.333. The third-order valence-corrected chi connectivity index (χ3v) is 3.26. The largest absolute Gasteiger partial charge is 0.358 e. The minimum Gasteiger partial charge on any atom is -0.358 e. The SMILES string of the molecule is O=[N+]([O-])c1ccc2[nH]c(CCCCBr)cc2c1. The number of aromatic amines is 1. The topological polar surface area (TPSA) is 58.9 Å². The Hall–Kier alpha value is -1.36. The number of nitrogens with zero attached hydrogens (tertiary/aromatic N) is 1. The number of nitro benzene ring substituents is 1. The van der Waals surface area contributed by atoms with Gasteiger partial charge in [0.2, 0.25) is 0 Å². The number of aromatic nitrogens is 1. The smallest absolute Gasteiger partial charge is 0.270 e. The lowest BCUT2D eigenvalue weighted by Crippen LogP contribution is -1.86. The molecule has 0 atom stereocenters. The molecule has 1 aromatic heterocycles. The normalized spacial score (nSPS) is 10.9. The van der Waals surface area contributed by atoms with Crippen molar-refractivity contribution >= 4 is 32.5 Å². The van der Waals surface area contributed by atoms with E-state index >= 15 is 0 Å². The predicted molar refractivity (Wildman–Crippen MR) is 71.7 cm³/mol. The number of hydrogen-bond donors (Lipinski definition) is 1. The second-order valence-corrected chi connectivity index (χ2v) is 4.76. The minimum atomic E-state index is -0.364. The van der Waals surface area contributed by atoms with Crippen molar-refractivity contribution < 1.29 is 4.92 Å². The van der Waals surface area contributed by atoms with Gasteiger partial charge in [-0.2, -0.15) is 0 Å². The van der Waals surface area contributed by atoms with Crippen molar-refractivity contribution in [2.24, 2.45) is 0 Å². The number of fused-ring (bicyclic) bond motifs is 1. The van der Waals surface area contributed by atoms with Crippen LogP contribution in [-0.4, -0.2) is 15.2 Å². The molecule has 0 saturated heterocycles. The van der Waals surface area contributed by atoms with Gasteiger partial charge in [-0.3, -0.25) is 10.1 Å². The van der Waals surface area contributed by atoms with E-state index in [1.807, 2.05) is 6.07 Å². The molecule has 0 bridgehead atoms. The molecule has 0 fully saturated rings. The summed E-state index contributed by atoms with van der Waals surface area (Å²) in [6.07, 6.45) is 3.23. The molecule has 0 amide bonds. The third-order valence-electron chi connectivity index (χ3n) is 2.70. The van der Waals surface area contributed by atoms with Crippen LogP contribution in [0.3, 0.4) is 0 Å². The van der Waals surface area contributed by atoms with E-state index in [-0.39, 0.29) is 10.6 Å². The first-order valence-corrected chi connectivity index (χ1v) is 6.65. The monoisotopic (exact) mass is 296 g/mol. The first kappa shape index (κ1) is 12.1. The van der Waals surface area contributed by atoms with Crippen molar-refractivity contribution in [2.45, 2.75) is 19.3 Å². The molecule has 4 nitrogen and oxygen atoms in total. The minimum absolute atomic E-state index is 0.142. The Morgan fingerprint density at radius 3 is 2.82 bits per heavy atom. The van der Waals surface area contributed by atoms with E-state index in [4.69, 9.17) is 0 Å². The van der Waals surface area contributed by atoms with Crippen molar-refractivity contribution in [2.75, 3.05) is 5.33 Å². The molecule has 1 N–H and O–H groups in total. The standard InChI is InChI=1S/C12H13BrN2O2/c13-6-2-1-3-10-7-9-8-11(15(16)17)4-5-12(9)14-10/h4-5,7-8,14H,1-3,6H2. The molecule has 0 aliphatic rings. The van der Waals surface area contributed by atoms with E-state index in [1.54, 1.807) is 12.1 Å². The average Bonchev–Trinajstić information content (AvgIpc) is 2.70. The van der Waals surface area contributed by atoms with Gasteiger partial charge in [0.1, 0.15) is 0 Å². The van der Waals surface area contributed by atoms with Crippen LogP contribution in [0.25, 0.3) is 10.9 Å². The lowest BCUT2D eigenvalue weighted by atomic mass is 10.2. The number of H-pyrrole nitrogens is 1. The Morgan fingerprint density at radius 1 is 1.29 bits per heavy atom. The summed E-state index contributed by atoms with van der Waals surface area (Å²) in [5.74, 6) is 0. The molecule has 0 aliphatic carbocycles. The van der Waals surface area contributed by atoms with E-state index in [2.05, 4.69) is 20.9 Å². The first-order chi connectivity index (χ1) is 8.20. The molecule has 5 heteroatoms. The predicted octanol–water partition coefficient (Wildman–Crippen LogP) is 3.79. The summed E-state index contributed by atoms with van der Waals surface area (Å²) in [4.78, 5) is 13.6. The van der Waals surface area contributed by atoms with Gasteiger partial charge in [0.25, 0.3) is 5.69 Å². The number of non-ortho nitro benzene ring substituents is 1. The zero-order valence-electron chi connectivity index (χ0n) is 9.28. The number of nitro groups is 1. The molecule has 0 aliphatic heterocycles. The Morgan fingerprint density at radius 2 is 2.12 bits per heavy atom. The number of alkyl halides is 1. The highest BCUT2D eigenvalue weighted by atomic mass is 79.9. The van der Waals surface area contributed by atoms with Crippen molar-refractivity contribution in [1.29, 1.82) is 0 Å². The van der Waals surface area contributed by atoms with E-state index in [0.717, 1.165) is 41.2 Å². The van der Waals surface area contributed by atoms with Crippen molar-refractivity contribution in [3.63, 3.8) is 0 Å². The van der Waals surface area contributed by atoms with E-state index in [9.17, 15) is 10.1 Å². The first-order valence-electron chi connectivity index (χ1n) is 5.52. The highest BCUT2D eigenvalue weighted by Crippen LogP contribution is 2.22. The van der Waals surface area contributed by atoms with Crippen LogP contribution in [0.4, 0.5) is 5.69 Å². The van der Waals surface area contributed by atoms with Crippen LogP contribution in [0.5, 0.6) is 0 Å². The molecule has 0 saturated carbocycles. The number of hydrogen-bond acceptors (Lipinski definition) is 2. The van der Waals surface area contributed by atoms with Crippen LogP contribution in [0.1, 0.15) is 18.5 Å². The van der Waals surface area contributed by atoms with Gasteiger partial charge in [-0.25, -0.2) is 0 Å². The molecule has 2 rings (SSSR count). The molecule has 2 aromatic rings. The zero-order chi connectivity index (χ0) is 12.3. The second-order valence-electron chi connectivity index (χ2n) is 3.97. The van der Waals surface area contributed by atoms with Crippen molar-refractivity contribution in [3.8, 4) is 0 Å². The Labute approximate surface area is 107 Å². The van der Waals surface area contributed by atoms with Crippen molar-refractivity contribution in [3.05, 3.63) is 40.1 Å².